The summed E-state index contributed by atoms with van der Waals surface area (Å²) in [6.07, 6.45) is 6.61. The van der Waals surface area contributed by atoms with Crippen LogP contribution in [-0.4, -0.2) is 39.0 Å². The number of aryl methyl sites for hydroxylation is 1. The number of carbonyl (C=O) groups is 1. The molecule has 1 saturated heterocycles. The number of nitrogens with two attached hydrogens (primary N) is 1. The lowest BCUT2D eigenvalue weighted by molar-refractivity contribution is 0.0488. The van der Waals surface area contributed by atoms with Crippen LogP contribution in [0.3, 0.4) is 0 Å². The van der Waals surface area contributed by atoms with E-state index >= 15 is 0 Å². The standard InChI is InChI=1S/C12H20N4O/c1-9-4-3-5-10(6-13)16(9)12(17)11-7-15(2)8-14-11/h7-10H,3-6,13H2,1-2H3. The Balaban J connectivity index is 2.21. The molecule has 94 valence electrons. The Labute approximate surface area is 102 Å². The summed E-state index contributed by atoms with van der Waals surface area (Å²) < 4.78 is 1.79. The molecule has 0 saturated carbocycles. The van der Waals surface area contributed by atoms with Gasteiger partial charge in [0.05, 0.1) is 6.33 Å². The minimum atomic E-state index is 0.00764. The second-order valence-electron chi connectivity index (χ2n) is 4.81. The Morgan fingerprint density at radius 1 is 1.59 bits per heavy atom. The summed E-state index contributed by atoms with van der Waals surface area (Å²) in [5.41, 5.74) is 6.27. The molecule has 2 unspecified atom stereocenters. The summed E-state index contributed by atoms with van der Waals surface area (Å²) in [6, 6.07) is 0.417. The molecule has 2 rings (SSSR count). The third kappa shape index (κ3) is 2.34. The maximum absolute atomic E-state index is 12.4. The number of rotatable bonds is 2. The molecule has 2 atom stereocenters. The molecule has 1 aromatic rings. The monoisotopic (exact) mass is 236 g/mol. The highest BCUT2D eigenvalue weighted by Crippen LogP contribution is 2.23. The summed E-state index contributed by atoms with van der Waals surface area (Å²) in [5.74, 6) is 0.00764. The van der Waals surface area contributed by atoms with Crippen LogP contribution < -0.4 is 5.73 Å². The largest absolute Gasteiger partial charge is 0.340 e. The van der Waals surface area contributed by atoms with E-state index in [2.05, 4.69) is 11.9 Å². The van der Waals surface area contributed by atoms with Gasteiger partial charge in [-0.3, -0.25) is 4.79 Å². The number of nitrogens with zero attached hydrogens (tertiary/aromatic N) is 3. The van der Waals surface area contributed by atoms with Crippen molar-refractivity contribution in [1.82, 2.24) is 14.5 Å². The van der Waals surface area contributed by atoms with Crippen LogP contribution in [0.2, 0.25) is 0 Å². The second kappa shape index (κ2) is 4.87. The molecule has 2 N–H and O–H groups in total. The molecule has 1 amide bonds. The van der Waals surface area contributed by atoms with Gasteiger partial charge in [0, 0.05) is 31.9 Å². The average molecular weight is 236 g/mol. The highest BCUT2D eigenvalue weighted by atomic mass is 16.2. The quantitative estimate of drug-likeness (QED) is 0.824. The Kier molecular flexibility index (Phi) is 3.47. The smallest absolute Gasteiger partial charge is 0.274 e. The van der Waals surface area contributed by atoms with E-state index in [9.17, 15) is 4.79 Å². The summed E-state index contributed by atoms with van der Waals surface area (Å²) >= 11 is 0. The summed E-state index contributed by atoms with van der Waals surface area (Å²) in [7, 11) is 1.86. The van der Waals surface area contributed by atoms with E-state index in [4.69, 9.17) is 5.73 Å². The van der Waals surface area contributed by atoms with Gasteiger partial charge in [0.1, 0.15) is 5.69 Å². The maximum atomic E-state index is 12.4. The number of likely N-dealkylation sites (tertiary alicyclic amines) is 1. The molecule has 0 aromatic carbocycles. The number of hydrogen-bond acceptors (Lipinski definition) is 3. The first-order valence-corrected chi connectivity index (χ1v) is 6.14. The average Bonchev–Trinajstić information content (AvgIpc) is 2.74. The van der Waals surface area contributed by atoms with Gasteiger partial charge in [-0.05, 0) is 26.2 Å². The van der Waals surface area contributed by atoms with Crippen LogP contribution >= 0.6 is 0 Å². The van der Waals surface area contributed by atoms with Crippen LogP contribution in [0.4, 0.5) is 0 Å². The Morgan fingerprint density at radius 2 is 2.35 bits per heavy atom. The maximum Gasteiger partial charge on any atom is 0.274 e. The molecule has 0 radical (unpaired) electrons. The van der Waals surface area contributed by atoms with Crippen molar-refractivity contribution in [2.24, 2.45) is 12.8 Å². The van der Waals surface area contributed by atoms with Gasteiger partial charge in [0.15, 0.2) is 0 Å². The van der Waals surface area contributed by atoms with E-state index in [0.717, 1.165) is 19.3 Å². The summed E-state index contributed by atoms with van der Waals surface area (Å²) in [6.45, 7) is 2.62. The first kappa shape index (κ1) is 12.1. The van der Waals surface area contributed by atoms with Gasteiger partial charge >= 0.3 is 0 Å². The third-order valence-electron chi connectivity index (χ3n) is 3.46. The van der Waals surface area contributed by atoms with Crippen LogP contribution in [0.5, 0.6) is 0 Å². The molecule has 0 spiro atoms. The first-order chi connectivity index (χ1) is 8.13. The number of amides is 1. The van der Waals surface area contributed by atoms with Crippen molar-refractivity contribution in [2.75, 3.05) is 6.54 Å². The van der Waals surface area contributed by atoms with Crippen molar-refractivity contribution in [3.05, 3.63) is 18.2 Å². The third-order valence-corrected chi connectivity index (χ3v) is 3.46. The van der Waals surface area contributed by atoms with E-state index in [1.54, 1.807) is 17.1 Å². The van der Waals surface area contributed by atoms with Gasteiger partial charge < -0.3 is 15.2 Å². The first-order valence-electron chi connectivity index (χ1n) is 6.14. The molecule has 1 aliphatic rings. The SMILES string of the molecule is CC1CCCC(CN)N1C(=O)c1cn(C)cn1. The minimum Gasteiger partial charge on any atom is -0.340 e. The van der Waals surface area contributed by atoms with Crippen molar-refractivity contribution in [3.8, 4) is 0 Å². The fourth-order valence-corrected chi connectivity index (χ4v) is 2.54. The molecular weight excluding hydrogens is 216 g/mol. The van der Waals surface area contributed by atoms with Crippen molar-refractivity contribution in [2.45, 2.75) is 38.3 Å². The van der Waals surface area contributed by atoms with Crippen LogP contribution in [0.25, 0.3) is 0 Å². The number of aromatic nitrogens is 2. The zero-order chi connectivity index (χ0) is 12.4. The summed E-state index contributed by atoms with van der Waals surface area (Å²) in [4.78, 5) is 18.4. The highest BCUT2D eigenvalue weighted by molar-refractivity contribution is 5.92. The van der Waals surface area contributed by atoms with Crippen molar-refractivity contribution in [3.63, 3.8) is 0 Å². The van der Waals surface area contributed by atoms with Gasteiger partial charge in [-0.2, -0.15) is 0 Å². The molecule has 0 aliphatic carbocycles. The molecule has 1 fully saturated rings. The van der Waals surface area contributed by atoms with Gasteiger partial charge in [-0.1, -0.05) is 0 Å². The van der Waals surface area contributed by atoms with E-state index in [-0.39, 0.29) is 18.0 Å². The van der Waals surface area contributed by atoms with Gasteiger partial charge in [0.25, 0.3) is 5.91 Å². The second-order valence-corrected chi connectivity index (χ2v) is 4.81. The normalized spacial score (nSPS) is 25.0. The molecule has 2 heterocycles. The Bertz CT molecular complexity index is 401. The molecule has 5 heteroatoms. The molecule has 1 aromatic heterocycles. The van der Waals surface area contributed by atoms with Gasteiger partial charge in [-0.15, -0.1) is 0 Å². The summed E-state index contributed by atoms with van der Waals surface area (Å²) in [5, 5.41) is 0. The van der Waals surface area contributed by atoms with Crippen molar-refractivity contribution in [1.29, 1.82) is 0 Å². The van der Waals surface area contributed by atoms with E-state index in [0.29, 0.717) is 12.2 Å². The van der Waals surface area contributed by atoms with E-state index < -0.39 is 0 Å². The topological polar surface area (TPSA) is 64.2 Å². The Morgan fingerprint density at radius 3 is 2.94 bits per heavy atom. The fourth-order valence-electron chi connectivity index (χ4n) is 2.54. The molecule has 1 aliphatic heterocycles. The van der Waals surface area contributed by atoms with E-state index in [1.807, 2.05) is 11.9 Å². The highest BCUT2D eigenvalue weighted by Gasteiger charge is 2.32. The van der Waals surface area contributed by atoms with Crippen LogP contribution in [0, 0.1) is 0 Å². The molecular formula is C12H20N4O. The van der Waals surface area contributed by atoms with Gasteiger partial charge in [-0.25, -0.2) is 4.98 Å². The van der Waals surface area contributed by atoms with Crippen molar-refractivity contribution >= 4 is 5.91 Å². The minimum absolute atomic E-state index is 0.00764. The number of piperidine rings is 1. The van der Waals surface area contributed by atoms with E-state index in [1.165, 1.54) is 0 Å². The van der Waals surface area contributed by atoms with Crippen LogP contribution in [-0.2, 0) is 7.05 Å². The molecule has 17 heavy (non-hydrogen) atoms. The number of imidazole rings is 1. The van der Waals surface area contributed by atoms with Crippen LogP contribution in [0.1, 0.15) is 36.7 Å². The molecule has 0 bridgehead atoms. The Hall–Kier alpha value is -1.36. The van der Waals surface area contributed by atoms with Gasteiger partial charge in [0.2, 0.25) is 0 Å². The number of hydrogen-bond donors (Lipinski definition) is 1. The number of carbonyl (C=O) groups excluding carboxylic acids is 1. The molecule has 5 nitrogen and oxygen atoms in total. The zero-order valence-corrected chi connectivity index (χ0v) is 10.5. The van der Waals surface area contributed by atoms with Crippen LogP contribution in [0.15, 0.2) is 12.5 Å². The fraction of sp³-hybridized carbons (Fsp3) is 0.667. The predicted molar refractivity (Wildman–Crippen MR) is 65.5 cm³/mol. The zero-order valence-electron chi connectivity index (χ0n) is 10.5. The lowest BCUT2D eigenvalue weighted by Gasteiger charge is -2.39. The predicted octanol–water partition coefficient (Wildman–Crippen LogP) is 0.762. The lowest BCUT2D eigenvalue weighted by Crippen LogP contribution is -2.51. The van der Waals surface area contributed by atoms with Crippen molar-refractivity contribution < 1.29 is 4.79 Å². The lowest BCUT2D eigenvalue weighted by atomic mass is 9.96.